The van der Waals surface area contributed by atoms with Gasteiger partial charge in [-0.15, -0.1) is 11.3 Å². The molecule has 20 heavy (non-hydrogen) atoms. The SMILES string of the molecule is CN(C)[C@H](CNC(=O)NCc1ccoc1)c1cccs1. The Bertz CT molecular complexity index is 509. The highest BCUT2D eigenvalue weighted by atomic mass is 32.1. The fourth-order valence-electron chi connectivity index (χ4n) is 1.85. The molecule has 2 heterocycles. The second-order valence-electron chi connectivity index (χ2n) is 4.69. The van der Waals surface area contributed by atoms with Crippen LogP contribution in [0.1, 0.15) is 16.5 Å². The summed E-state index contributed by atoms with van der Waals surface area (Å²) >= 11 is 1.70. The van der Waals surface area contributed by atoms with E-state index in [1.807, 2.05) is 31.6 Å². The van der Waals surface area contributed by atoms with Gasteiger partial charge in [0.05, 0.1) is 18.6 Å². The molecule has 0 radical (unpaired) electrons. The van der Waals surface area contributed by atoms with E-state index in [2.05, 4.69) is 21.6 Å². The van der Waals surface area contributed by atoms with Gasteiger partial charge >= 0.3 is 6.03 Å². The molecule has 2 aromatic heterocycles. The zero-order valence-corrected chi connectivity index (χ0v) is 12.4. The monoisotopic (exact) mass is 293 g/mol. The van der Waals surface area contributed by atoms with E-state index in [1.54, 1.807) is 23.9 Å². The Hall–Kier alpha value is -1.79. The number of carbonyl (C=O) groups is 1. The molecular weight excluding hydrogens is 274 g/mol. The van der Waals surface area contributed by atoms with Crippen LogP contribution in [0.2, 0.25) is 0 Å². The Morgan fingerprint density at radius 1 is 1.40 bits per heavy atom. The van der Waals surface area contributed by atoms with E-state index in [0.29, 0.717) is 13.1 Å². The normalized spacial score (nSPS) is 12.3. The van der Waals surface area contributed by atoms with Crippen molar-refractivity contribution in [3.8, 4) is 0 Å². The first-order chi connectivity index (χ1) is 9.66. The molecule has 2 N–H and O–H groups in total. The third-order valence-electron chi connectivity index (χ3n) is 2.98. The molecule has 5 nitrogen and oxygen atoms in total. The number of hydrogen-bond acceptors (Lipinski definition) is 4. The first-order valence-electron chi connectivity index (χ1n) is 6.39. The maximum atomic E-state index is 11.8. The predicted molar refractivity (Wildman–Crippen MR) is 79.7 cm³/mol. The van der Waals surface area contributed by atoms with Gasteiger partial charge in [0, 0.05) is 23.5 Å². The average Bonchev–Trinajstić information content (AvgIpc) is 3.09. The van der Waals surface area contributed by atoms with Crippen LogP contribution in [0.15, 0.2) is 40.5 Å². The molecule has 2 amide bonds. The van der Waals surface area contributed by atoms with Gasteiger partial charge in [-0.1, -0.05) is 6.07 Å². The smallest absolute Gasteiger partial charge is 0.315 e. The van der Waals surface area contributed by atoms with Crippen LogP contribution in [-0.4, -0.2) is 31.6 Å². The van der Waals surface area contributed by atoms with Crippen LogP contribution >= 0.6 is 11.3 Å². The molecule has 0 aromatic carbocycles. The molecule has 108 valence electrons. The summed E-state index contributed by atoms with van der Waals surface area (Å²) in [6.45, 7) is 1.04. The first-order valence-corrected chi connectivity index (χ1v) is 7.27. The Balaban J connectivity index is 1.79. The minimum absolute atomic E-state index is 0.172. The average molecular weight is 293 g/mol. The maximum Gasteiger partial charge on any atom is 0.315 e. The van der Waals surface area contributed by atoms with Gasteiger partial charge in [0.15, 0.2) is 0 Å². The lowest BCUT2D eigenvalue weighted by Gasteiger charge is -2.23. The van der Waals surface area contributed by atoms with E-state index in [9.17, 15) is 4.79 Å². The third-order valence-corrected chi connectivity index (χ3v) is 3.96. The number of thiophene rings is 1. The van der Waals surface area contributed by atoms with Gasteiger partial charge in [-0.3, -0.25) is 0 Å². The number of furan rings is 1. The third kappa shape index (κ3) is 4.11. The molecule has 0 saturated carbocycles. The Labute approximate surface area is 122 Å². The lowest BCUT2D eigenvalue weighted by Crippen LogP contribution is -2.40. The van der Waals surface area contributed by atoms with Gasteiger partial charge in [-0.25, -0.2) is 4.79 Å². The summed E-state index contributed by atoms with van der Waals surface area (Å²) in [6, 6.07) is 5.95. The lowest BCUT2D eigenvalue weighted by molar-refractivity contribution is 0.233. The van der Waals surface area contributed by atoms with Crippen molar-refractivity contribution in [1.29, 1.82) is 0 Å². The fraction of sp³-hybridized carbons (Fsp3) is 0.357. The quantitative estimate of drug-likeness (QED) is 0.860. The van der Waals surface area contributed by atoms with Gasteiger partial charge in [-0.05, 0) is 31.6 Å². The molecule has 0 saturated heterocycles. The zero-order valence-electron chi connectivity index (χ0n) is 11.6. The van der Waals surface area contributed by atoms with E-state index in [-0.39, 0.29) is 12.1 Å². The van der Waals surface area contributed by atoms with Gasteiger partial charge < -0.3 is 20.0 Å². The summed E-state index contributed by atoms with van der Waals surface area (Å²) in [5, 5.41) is 7.75. The Morgan fingerprint density at radius 2 is 2.25 bits per heavy atom. The lowest BCUT2D eigenvalue weighted by atomic mass is 10.2. The molecular formula is C14H19N3O2S. The number of likely N-dealkylation sites (N-methyl/N-ethyl adjacent to an activating group) is 1. The summed E-state index contributed by atoms with van der Waals surface area (Å²) in [5.41, 5.74) is 0.947. The maximum absolute atomic E-state index is 11.8. The number of hydrogen-bond donors (Lipinski definition) is 2. The van der Waals surface area contributed by atoms with Crippen LogP contribution < -0.4 is 10.6 Å². The number of amides is 2. The molecule has 1 atom stereocenters. The molecule has 2 rings (SSSR count). The Morgan fingerprint density at radius 3 is 2.85 bits per heavy atom. The van der Waals surface area contributed by atoms with E-state index < -0.39 is 0 Å². The van der Waals surface area contributed by atoms with E-state index in [4.69, 9.17) is 4.42 Å². The highest BCUT2D eigenvalue weighted by molar-refractivity contribution is 7.10. The van der Waals surface area contributed by atoms with Gasteiger partial charge in [0.25, 0.3) is 0 Å². The summed E-state index contributed by atoms with van der Waals surface area (Å²) in [7, 11) is 4.02. The van der Waals surface area contributed by atoms with E-state index in [1.165, 1.54) is 4.88 Å². The predicted octanol–water partition coefficient (Wildman–Crippen LogP) is 2.44. The van der Waals surface area contributed by atoms with Crippen LogP contribution in [0.3, 0.4) is 0 Å². The molecule has 0 aliphatic carbocycles. The summed E-state index contributed by atoms with van der Waals surface area (Å²) in [6.07, 6.45) is 3.21. The molecule has 0 fully saturated rings. The van der Waals surface area contributed by atoms with Crippen LogP contribution in [-0.2, 0) is 6.54 Å². The number of urea groups is 1. The van der Waals surface area contributed by atoms with Crippen molar-refractivity contribution in [2.45, 2.75) is 12.6 Å². The van der Waals surface area contributed by atoms with Gasteiger partial charge in [0.2, 0.25) is 0 Å². The molecule has 0 aliphatic rings. The molecule has 0 unspecified atom stereocenters. The van der Waals surface area contributed by atoms with Crippen molar-refractivity contribution in [3.63, 3.8) is 0 Å². The Kier molecular flexibility index (Phi) is 5.20. The van der Waals surface area contributed by atoms with Crippen molar-refractivity contribution in [1.82, 2.24) is 15.5 Å². The largest absolute Gasteiger partial charge is 0.472 e. The number of nitrogens with zero attached hydrogens (tertiary/aromatic N) is 1. The van der Waals surface area contributed by atoms with Gasteiger partial charge in [-0.2, -0.15) is 0 Å². The minimum Gasteiger partial charge on any atom is -0.472 e. The van der Waals surface area contributed by atoms with Crippen molar-refractivity contribution in [2.24, 2.45) is 0 Å². The highest BCUT2D eigenvalue weighted by Crippen LogP contribution is 2.22. The van der Waals surface area contributed by atoms with E-state index >= 15 is 0 Å². The number of rotatable bonds is 6. The summed E-state index contributed by atoms with van der Waals surface area (Å²) < 4.78 is 4.95. The molecule has 0 bridgehead atoms. The van der Waals surface area contributed by atoms with E-state index in [0.717, 1.165) is 5.56 Å². The molecule has 6 heteroatoms. The van der Waals surface area contributed by atoms with Crippen molar-refractivity contribution in [2.75, 3.05) is 20.6 Å². The minimum atomic E-state index is -0.172. The molecule has 0 spiro atoms. The topological polar surface area (TPSA) is 57.5 Å². The van der Waals surface area contributed by atoms with Crippen molar-refractivity contribution in [3.05, 3.63) is 46.5 Å². The molecule has 0 aliphatic heterocycles. The second kappa shape index (κ2) is 7.12. The van der Waals surface area contributed by atoms with Crippen molar-refractivity contribution < 1.29 is 9.21 Å². The number of carbonyl (C=O) groups excluding carboxylic acids is 1. The van der Waals surface area contributed by atoms with Crippen LogP contribution in [0.25, 0.3) is 0 Å². The standard InChI is InChI=1S/C14H19N3O2S/c1-17(2)12(13-4-3-7-20-13)9-16-14(18)15-8-11-5-6-19-10-11/h3-7,10,12H,8-9H2,1-2H3,(H2,15,16,18)/t12-/m1/s1. The zero-order chi connectivity index (χ0) is 14.4. The fourth-order valence-corrected chi connectivity index (χ4v) is 2.77. The van der Waals surface area contributed by atoms with Crippen molar-refractivity contribution >= 4 is 17.4 Å². The summed E-state index contributed by atoms with van der Waals surface area (Å²) in [4.78, 5) is 15.1. The number of nitrogens with one attached hydrogen (secondary N) is 2. The van der Waals surface area contributed by atoms with Gasteiger partial charge in [0.1, 0.15) is 0 Å². The second-order valence-corrected chi connectivity index (χ2v) is 5.67. The molecule has 2 aromatic rings. The van der Waals surface area contributed by atoms with Crippen LogP contribution in [0.4, 0.5) is 4.79 Å². The first kappa shape index (κ1) is 14.6. The van der Waals surface area contributed by atoms with Crippen LogP contribution in [0.5, 0.6) is 0 Å². The highest BCUT2D eigenvalue weighted by Gasteiger charge is 2.15. The summed E-state index contributed by atoms with van der Waals surface area (Å²) in [5.74, 6) is 0. The van der Waals surface area contributed by atoms with Crippen LogP contribution in [0, 0.1) is 0 Å².